The maximum absolute atomic E-state index is 10.4. The Kier molecular flexibility index (Phi) is 5.33. The fourth-order valence-corrected chi connectivity index (χ4v) is 3.66. The molecule has 1 aromatic rings. The van der Waals surface area contributed by atoms with Gasteiger partial charge >= 0.3 is 0 Å². The number of nitrogens with zero attached hydrogens (tertiary/aromatic N) is 1. The van der Waals surface area contributed by atoms with Crippen molar-refractivity contribution in [2.45, 2.75) is 50.7 Å². The van der Waals surface area contributed by atoms with Gasteiger partial charge in [-0.25, -0.2) is 0 Å². The summed E-state index contributed by atoms with van der Waals surface area (Å²) in [5, 5.41) is 10.4. The van der Waals surface area contributed by atoms with Crippen LogP contribution in [-0.4, -0.2) is 42.4 Å². The Labute approximate surface area is 127 Å². The third kappa shape index (κ3) is 4.09. The molecule has 1 N–H and O–H groups in total. The largest absolute Gasteiger partial charge is 0.467 e. The van der Waals surface area contributed by atoms with Crippen molar-refractivity contribution in [1.82, 2.24) is 4.90 Å². The van der Waals surface area contributed by atoms with E-state index < -0.39 is 6.10 Å². The highest BCUT2D eigenvalue weighted by Crippen LogP contribution is 2.28. The maximum Gasteiger partial charge on any atom is 0.132 e. The lowest BCUT2D eigenvalue weighted by atomic mass is 10.00. The van der Waals surface area contributed by atoms with Crippen LogP contribution in [0.5, 0.6) is 0 Å². The van der Waals surface area contributed by atoms with Crippen LogP contribution in [0.15, 0.2) is 22.8 Å². The first kappa shape index (κ1) is 15.1. The molecule has 1 aromatic heterocycles. The quantitative estimate of drug-likeness (QED) is 0.906. The number of hydrogen-bond acceptors (Lipinski definition) is 4. The SMILES string of the molecule is O[C@H](C[C@@H]1CCCCCN1C[C@H]1CCOC1)c1ccco1. The van der Waals surface area contributed by atoms with E-state index in [9.17, 15) is 5.11 Å². The minimum absolute atomic E-state index is 0.466. The van der Waals surface area contributed by atoms with Gasteiger partial charge in [0.15, 0.2) is 0 Å². The van der Waals surface area contributed by atoms with Crippen LogP contribution >= 0.6 is 0 Å². The molecule has 3 rings (SSSR count). The average Bonchev–Trinajstić information content (AvgIpc) is 3.14. The van der Waals surface area contributed by atoms with Crippen molar-refractivity contribution in [2.24, 2.45) is 5.92 Å². The van der Waals surface area contributed by atoms with Crippen molar-refractivity contribution in [1.29, 1.82) is 0 Å². The zero-order chi connectivity index (χ0) is 14.5. The number of aliphatic hydroxyl groups excluding tert-OH is 1. The van der Waals surface area contributed by atoms with Crippen molar-refractivity contribution in [3.8, 4) is 0 Å². The molecule has 0 aromatic carbocycles. The van der Waals surface area contributed by atoms with Crippen molar-refractivity contribution in [3.05, 3.63) is 24.2 Å². The molecule has 4 heteroatoms. The molecule has 0 aliphatic carbocycles. The van der Waals surface area contributed by atoms with Crippen molar-refractivity contribution < 1.29 is 14.3 Å². The summed E-state index contributed by atoms with van der Waals surface area (Å²) in [5.41, 5.74) is 0. The highest BCUT2D eigenvalue weighted by atomic mass is 16.5. The van der Waals surface area contributed by atoms with Crippen LogP contribution in [-0.2, 0) is 4.74 Å². The molecule has 2 saturated heterocycles. The Balaban J connectivity index is 1.60. The highest BCUT2D eigenvalue weighted by Gasteiger charge is 2.28. The van der Waals surface area contributed by atoms with Gasteiger partial charge in [0.2, 0.25) is 0 Å². The van der Waals surface area contributed by atoms with Crippen molar-refractivity contribution >= 4 is 0 Å². The third-order valence-electron chi connectivity index (χ3n) is 4.88. The number of furan rings is 1. The Hall–Kier alpha value is -0.840. The Morgan fingerprint density at radius 3 is 3.00 bits per heavy atom. The van der Waals surface area contributed by atoms with Crippen LogP contribution in [0.2, 0.25) is 0 Å². The lowest BCUT2D eigenvalue weighted by Crippen LogP contribution is -2.39. The van der Waals surface area contributed by atoms with Crippen LogP contribution in [0, 0.1) is 5.92 Å². The molecule has 3 heterocycles. The van der Waals surface area contributed by atoms with E-state index in [0.717, 1.165) is 32.7 Å². The topological polar surface area (TPSA) is 45.8 Å². The van der Waals surface area contributed by atoms with Crippen LogP contribution in [0.4, 0.5) is 0 Å². The lowest BCUT2D eigenvalue weighted by molar-refractivity contribution is 0.0764. The first-order valence-corrected chi connectivity index (χ1v) is 8.36. The zero-order valence-corrected chi connectivity index (χ0v) is 12.7. The van der Waals surface area contributed by atoms with E-state index in [1.807, 2.05) is 12.1 Å². The highest BCUT2D eigenvalue weighted by molar-refractivity contribution is 5.02. The van der Waals surface area contributed by atoms with Gasteiger partial charge < -0.3 is 14.3 Å². The van der Waals surface area contributed by atoms with Gasteiger partial charge in [0, 0.05) is 19.2 Å². The van der Waals surface area contributed by atoms with Gasteiger partial charge in [-0.15, -0.1) is 0 Å². The van der Waals surface area contributed by atoms with E-state index in [1.165, 1.54) is 32.1 Å². The van der Waals surface area contributed by atoms with Crippen LogP contribution in [0.3, 0.4) is 0 Å². The molecule has 3 atom stereocenters. The maximum atomic E-state index is 10.4. The Bertz CT molecular complexity index is 400. The van der Waals surface area contributed by atoms with Crippen LogP contribution < -0.4 is 0 Å². The lowest BCUT2D eigenvalue weighted by Gasteiger charge is -2.32. The van der Waals surface area contributed by atoms with E-state index in [-0.39, 0.29) is 0 Å². The molecule has 2 aliphatic rings. The summed E-state index contributed by atoms with van der Waals surface area (Å²) in [6, 6.07) is 4.18. The third-order valence-corrected chi connectivity index (χ3v) is 4.88. The van der Waals surface area contributed by atoms with E-state index >= 15 is 0 Å². The number of likely N-dealkylation sites (tertiary alicyclic amines) is 1. The van der Waals surface area contributed by atoms with E-state index in [2.05, 4.69) is 4.90 Å². The molecular formula is C17H27NO3. The predicted molar refractivity (Wildman–Crippen MR) is 81.0 cm³/mol. The van der Waals surface area contributed by atoms with Gasteiger partial charge in [-0.05, 0) is 50.3 Å². The molecule has 2 fully saturated rings. The molecule has 0 radical (unpaired) electrons. The first-order valence-electron chi connectivity index (χ1n) is 8.36. The molecule has 4 nitrogen and oxygen atoms in total. The molecule has 21 heavy (non-hydrogen) atoms. The zero-order valence-electron chi connectivity index (χ0n) is 12.7. The fraction of sp³-hybridized carbons (Fsp3) is 0.765. The second kappa shape index (κ2) is 7.43. The Morgan fingerprint density at radius 1 is 1.29 bits per heavy atom. The molecular weight excluding hydrogens is 266 g/mol. The predicted octanol–water partition coefficient (Wildman–Crippen LogP) is 2.98. The van der Waals surface area contributed by atoms with Crippen molar-refractivity contribution in [3.63, 3.8) is 0 Å². The summed E-state index contributed by atoms with van der Waals surface area (Å²) in [6.45, 7) is 4.10. The minimum Gasteiger partial charge on any atom is -0.467 e. The van der Waals surface area contributed by atoms with Gasteiger partial charge in [-0.3, -0.25) is 4.90 Å². The minimum atomic E-state index is -0.481. The van der Waals surface area contributed by atoms with Gasteiger partial charge in [0.1, 0.15) is 11.9 Å². The second-order valence-electron chi connectivity index (χ2n) is 6.49. The standard InChI is InChI=1S/C17H27NO3/c19-16(17-6-4-9-21-17)11-15-5-2-1-3-8-18(15)12-14-7-10-20-13-14/h4,6,9,14-16,19H,1-3,5,7-8,10-13H2/t14-,15+,16-/m1/s1. The summed E-state index contributed by atoms with van der Waals surface area (Å²) in [4.78, 5) is 2.60. The van der Waals surface area contributed by atoms with E-state index in [4.69, 9.17) is 9.15 Å². The fourth-order valence-electron chi connectivity index (χ4n) is 3.66. The molecule has 0 bridgehead atoms. The summed E-state index contributed by atoms with van der Waals surface area (Å²) >= 11 is 0. The number of hydrogen-bond donors (Lipinski definition) is 1. The second-order valence-corrected chi connectivity index (χ2v) is 6.49. The summed E-state index contributed by atoms with van der Waals surface area (Å²) in [5.74, 6) is 1.37. The number of aliphatic hydroxyl groups is 1. The molecule has 0 spiro atoms. The van der Waals surface area contributed by atoms with Crippen LogP contribution in [0.1, 0.15) is 50.4 Å². The normalized spacial score (nSPS) is 29.4. The molecule has 2 aliphatic heterocycles. The Morgan fingerprint density at radius 2 is 2.24 bits per heavy atom. The number of ether oxygens (including phenoxy) is 1. The van der Waals surface area contributed by atoms with Gasteiger partial charge in [0.25, 0.3) is 0 Å². The monoisotopic (exact) mass is 293 g/mol. The summed E-state index contributed by atoms with van der Waals surface area (Å²) in [6.07, 6.45) is 8.17. The van der Waals surface area contributed by atoms with Crippen LogP contribution in [0.25, 0.3) is 0 Å². The average molecular weight is 293 g/mol. The van der Waals surface area contributed by atoms with E-state index in [0.29, 0.717) is 17.7 Å². The smallest absolute Gasteiger partial charge is 0.132 e. The molecule has 0 saturated carbocycles. The van der Waals surface area contributed by atoms with Gasteiger partial charge in [-0.1, -0.05) is 12.8 Å². The van der Waals surface area contributed by atoms with E-state index in [1.54, 1.807) is 6.26 Å². The molecule has 0 amide bonds. The summed E-state index contributed by atoms with van der Waals surface area (Å²) < 4.78 is 10.9. The van der Waals surface area contributed by atoms with Crippen molar-refractivity contribution in [2.75, 3.05) is 26.3 Å². The summed E-state index contributed by atoms with van der Waals surface area (Å²) in [7, 11) is 0. The first-order chi connectivity index (χ1) is 10.3. The number of rotatable bonds is 5. The van der Waals surface area contributed by atoms with Gasteiger partial charge in [0.05, 0.1) is 12.9 Å². The van der Waals surface area contributed by atoms with Gasteiger partial charge in [-0.2, -0.15) is 0 Å². The molecule has 0 unspecified atom stereocenters. The molecule has 118 valence electrons.